The van der Waals surface area contributed by atoms with Gasteiger partial charge in [-0.15, -0.1) is 0 Å². The zero-order valence-corrected chi connectivity index (χ0v) is 14.2. The van der Waals surface area contributed by atoms with E-state index in [9.17, 15) is 9.59 Å². The lowest BCUT2D eigenvalue weighted by molar-refractivity contribution is -0.150. The van der Waals surface area contributed by atoms with Crippen LogP contribution in [0.15, 0.2) is 28.7 Å². The van der Waals surface area contributed by atoms with Crippen molar-refractivity contribution in [3.63, 3.8) is 0 Å². The van der Waals surface area contributed by atoms with Crippen LogP contribution in [-0.2, 0) is 14.3 Å². The fourth-order valence-corrected chi connectivity index (χ4v) is 2.22. The molecular formula is C16H20BrNO3. The van der Waals surface area contributed by atoms with Crippen molar-refractivity contribution in [1.29, 1.82) is 0 Å². The Bertz CT molecular complexity index is 552. The first-order valence-corrected chi connectivity index (χ1v) is 7.54. The molecule has 4 nitrogen and oxygen atoms in total. The van der Waals surface area contributed by atoms with Crippen molar-refractivity contribution in [3.05, 3.63) is 39.9 Å². The molecule has 0 bridgehead atoms. The molecule has 1 atom stereocenters. The molecule has 1 N–H and O–H groups in total. The van der Waals surface area contributed by atoms with Gasteiger partial charge in [-0.3, -0.25) is 4.79 Å². The van der Waals surface area contributed by atoms with Gasteiger partial charge in [0.05, 0.1) is 0 Å². The molecule has 0 fully saturated rings. The van der Waals surface area contributed by atoms with Crippen LogP contribution in [0.5, 0.6) is 0 Å². The molecule has 0 radical (unpaired) electrons. The van der Waals surface area contributed by atoms with E-state index in [1.807, 2.05) is 39.0 Å². The van der Waals surface area contributed by atoms with Crippen molar-refractivity contribution in [1.82, 2.24) is 5.32 Å². The molecule has 1 aromatic carbocycles. The predicted molar refractivity (Wildman–Crippen MR) is 86.7 cm³/mol. The minimum absolute atomic E-state index is 0.0118. The zero-order chi connectivity index (χ0) is 16.0. The number of hydrogen-bond donors (Lipinski definition) is 1. The number of nitrogens with one attached hydrogen (secondary N) is 1. The van der Waals surface area contributed by atoms with Gasteiger partial charge in [-0.05, 0) is 51.0 Å². The first-order chi connectivity index (χ1) is 9.79. The molecule has 114 valence electrons. The van der Waals surface area contributed by atoms with E-state index >= 15 is 0 Å². The van der Waals surface area contributed by atoms with Crippen LogP contribution in [0.1, 0.15) is 31.9 Å². The Morgan fingerprint density at radius 3 is 2.52 bits per heavy atom. The molecule has 0 saturated heterocycles. The van der Waals surface area contributed by atoms with Crippen LogP contribution in [0.2, 0.25) is 0 Å². The first-order valence-electron chi connectivity index (χ1n) is 6.75. The Balaban J connectivity index is 2.60. The van der Waals surface area contributed by atoms with E-state index in [-0.39, 0.29) is 11.9 Å². The number of carbonyl (C=O) groups excluding carboxylic acids is 2. The van der Waals surface area contributed by atoms with Crippen molar-refractivity contribution >= 4 is 33.9 Å². The van der Waals surface area contributed by atoms with Crippen LogP contribution >= 0.6 is 15.9 Å². The summed E-state index contributed by atoms with van der Waals surface area (Å²) in [7, 11) is 0. The minimum Gasteiger partial charge on any atom is -0.449 e. The van der Waals surface area contributed by atoms with Crippen LogP contribution < -0.4 is 5.32 Å². The number of hydrogen-bond acceptors (Lipinski definition) is 3. The highest BCUT2D eigenvalue weighted by molar-refractivity contribution is 9.10. The smallest absolute Gasteiger partial charge is 0.331 e. The monoisotopic (exact) mass is 353 g/mol. The number of aryl methyl sites for hydroxylation is 1. The largest absolute Gasteiger partial charge is 0.449 e. The highest BCUT2D eigenvalue weighted by Crippen LogP contribution is 2.19. The normalized spacial score (nSPS) is 12.5. The van der Waals surface area contributed by atoms with E-state index in [0.717, 1.165) is 15.6 Å². The molecule has 1 rings (SSSR count). The van der Waals surface area contributed by atoms with Gasteiger partial charge in [-0.25, -0.2) is 4.79 Å². The van der Waals surface area contributed by atoms with E-state index in [2.05, 4.69) is 21.2 Å². The molecule has 1 amide bonds. The molecule has 0 aliphatic heterocycles. The summed E-state index contributed by atoms with van der Waals surface area (Å²) in [4.78, 5) is 23.3. The minimum atomic E-state index is -0.814. The van der Waals surface area contributed by atoms with Crippen molar-refractivity contribution in [2.24, 2.45) is 0 Å². The summed E-state index contributed by atoms with van der Waals surface area (Å²) >= 11 is 3.43. The topological polar surface area (TPSA) is 55.4 Å². The predicted octanol–water partition coefficient (Wildman–Crippen LogP) is 3.23. The number of benzene rings is 1. The van der Waals surface area contributed by atoms with Gasteiger partial charge in [0, 0.05) is 16.6 Å². The van der Waals surface area contributed by atoms with E-state index in [0.29, 0.717) is 0 Å². The third-order valence-electron chi connectivity index (χ3n) is 2.65. The molecule has 0 spiro atoms. The average molecular weight is 354 g/mol. The molecular weight excluding hydrogens is 334 g/mol. The fourth-order valence-electron chi connectivity index (χ4n) is 1.59. The third kappa shape index (κ3) is 6.12. The number of rotatable bonds is 5. The average Bonchev–Trinajstić information content (AvgIpc) is 2.36. The fraction of sp³-hybridized carbons (Fsp3) is 0.375. The standard InChI is InChI=1S/C16H20BrNO3/c1-10(2)18-16(20)12(4)21-15(19)8-7-13-6-5-11(3)9-14(13)17/h5-10,12H,1-4H3,(H,18,20)/b8-7+/t12-/m0/s1. The quantitative estimate of drug-likeness (QED) is 0.653. The van der Waals surface area contributed by atoms with Crippen LogP contribution in [0.25, 0.3) is 6.08 Å². The molecule has 0 aromatic heterocycles. The first kappa shape index (κ1) is 17.4. The number of halogens is 1. The summed E-state index contributed by atoms with van der Waals surface area (Å²) in [6.07, 6.45) is 2.15. The van der Waals surface area contributed by atoms with E-state index in [4.69, 9.17) is 4.74 Å². The number of ether oxygens (including phenoxy) is 1. The maximum Gasteiger partial charge on any atom is 0.331 e. The van der Waals surface area contributed by atoms with Crippen molar-refractivity contribution in [3.8, 4) is 0 Å². The lowest BCUT2D eigenvalue weighted by Crippen LogP contribution is -2.39. The maximum absolute atomic E-state index is 11.7. The second kappa shape index (κ2) is 7.98. The SMILES string of the molecule is Cc1ccc(/C=C/C(=O)O[C@@H](C)C(=O)NC(C)C)c(Br)c1. The molecule has 0 aliphatic rings. The highest BCUT2D eigenvalue weighted by Gasteiger charge is 2.16. The summed E-state index contributed by atoms with van der Waals surface area (Å²) < 4.78 is 5.95. The molecule has 21 heavy (non-hydrogen) atoms. The third-order valence-corrected chi connectivity index (χ3v) is 3.33. The molecule has 1 aromatic rings. The van der Waals surface area contributed by atoms with Gasteiger partial charge in [0.25, 0.3) is 5.91 Å². The van der Waals surface area contributed by atoms with Gasteiger partial charge >= 0.3 is 5.97 Å². The summed E-state index contributed by atoms with van der Waals surface area (Å²) in [6, 6.07) is 5.83. The second-order valence-corrected chi connectivity index (χ2v) is 5.96. The molecule has 0 heterocycles. The van der Waals surface area contributed by atoms with E-state index in [1.54, 1.807) is 13.0 Å². The lowest BCUT2D eigenvalue weighted by Gasteiger charge is -2.14. The summed E-state index contributed by atoms with van der Waals surface area (Å²) in [6.45, 7) is 7.23. The van der Waals surface area contributed by atoms with Gasteiger partial charge in [0.2, 0.25) is 0 Å². The molecule has 0 aliphatic carbocycles. The van der Waals surface area contributed by atoms with Crippen molar-refractivity contribution < 1.29 is 14.3 Å². The Morgan fingerprint density at radius 1 is 1.29 bits per heavy atom. The van der Waals surface area contributed by atoms with Crippen LogP contribution in [0.4, 0.5) is 0 Å². The Morgan fingerprint density at radius 2 is 1.95 bits per heavy atom. The van der Waals surface area contributed by atoms with Crippen molar-refractivity contribution in [2.75, 3.05) is 0 Å². The Hall–Kier alpha value is -1.62. The Labute approximate surface area is 133 Å². The van der Waals surface area contributed by atoms with Crippen LogP contribution in [0.3, 0.4) is 0 Å². The van der Waals surface area contributed by atoms with Gasteiger partial charge in [-0.2, -0.15) is 0 Å². The summed E-state index contributed by atoms with van der Waals surface area (Å²) in [5, 5.41) is 2.69. The molecule has 0 unspecified atom stereocenters. The summed E-state index contributed by atoms with van der Waals surface area (Å²) in [5.41, 5.74) is 2.00. The number of carbonyl (C=O) groups is 2. The molecule has 0 saturated carbocycles. The number of amides is 1. The zero-order valence-electron chi connectivity index (χ0n) is 12.6. The van der Waals surface area contributed by atoms with Gasteiger partial charge in [-0.1, -0.05) is 28.1 Å². The van der Waals surface area contributed by atoms with E-state index < -0.39 is 12.1 Å². The number of esters is 1. The second-order valence-electron chi connectivity index (χ2n) is 5.10. The van der Waals surface area contributed by atoms with Gasteiger partial charge < -0.3 is 10.1 Å². The lowest BCUT2D eigenvalue weighted by atomic mass is 10.1. The van der Waals surface area contributed by atoms with Crippen LogP contribution in [-0.4, -0.2) is 24.0 Å². The van der Waals surface area contributed by atoms with E-state index in [1.165, 1.54) is 6.08 Å². The van der Waals surface area contributed by atoms with Gasteiger partial charge in [0.1, 0.15) is 0 Å². The van der Waals surface area contributed by atoms with Gasteiger partial charge in [0.15, 0.2) is 6.10 Å². The Kier molecular flexibility index (Phi) is 6.62. The van der Waals surface area contributed by atoms with Crippen LogP contribution in [0, 0.1) is 6.92 Å². The van der Waals surface area contributed by atoms with Crippen molar-refractivity contribution in [2.45, 2.75) is 39.8 Å². The summed E-state index contributed by atoms with van der Waals surface area (Å²) in [5.74, 6) is -0.850. The highest BCUT2D eigenvalue weighted by atomic mass is 79.9. The maximum atomic E-state index is 11.7. The molecule has 5 heteroatoms.